The highest BCUT2D eigenvalue weighted by atomic mass is 19.1. The largest absolute Gasteiger partial charge is 0.494 e. The van der Waals surface area contributed by atoms with Crippen LogP contribution in [0.2, 0.25) is 0 Å². The smallest absolute Gasteiger partial charge is 0.223 e. The molecular formula is C11H12FNO2. The lowest BCUT2D eigenvalue weighted by molar-refractivity contribution is -0.132. The minimum atomic E-state index is -0.426. The van der Waals surface area contributed by atoms with Gasteiger partial charge in [0.15, 0.2) is 11.6 Å². The highest BCUT2D eigenvalue weighted by molar-refractivity contribution is 5.85. The molecule has 1 aliphatic heterocycles. The van der Waals surface area contributed by atoms with Gasteiger partial charge in [0.05, 0.1) is 19.1 Å². The minimum Gasteiger partial charge on any atom is -0.494 e. The number of ether oxygens (including phenoxy) is 1. The fourth-order valence-corrected chi connectivity index (χ4v) is 1.79. The van der Waals surface area contributed by atoms with Crippen molar-refractivity contribution in [1.29, 1.82) is 0 Å². The molecule has 0 spiro atoms. The molecule has 4 heteroatoms. The van der Waals surface area contributed by atoms with Crippen LogP contribution in [0, 0.1) is 5.82 Å². The van der Waals surface area contributed by atoms with Crippen LogP contribution in [0.25, 0.3) is 0 Å². The summed E-state index contributed by atoms with van der Waals surface area (Å²) < 4.78 is 18.2. The first-order valence-corrected chi connectivity index (χ1v) is 4.70. The second-order valence-corrected chi connectivity index (χ2v) is 3.91. The third-order valence-electron chi connectivity index (χ3n) is 2.72. The lowest BCUT2D eigenvalue weighted by Gasteiger charge is -2.39. The molecule has 1 fully saturated rings. The quantitative estimate of drug-likeness (QED) is 0.751. The first kappa shape index (κ1) is 9.96. The minimum absolute atomic E-state index is 0.00581. The van der Waals surface area contributed by atoms with Gasteiger partial charge in [-0.05, 0) is 24.6 Å². The molecule has 1 aliphatic rings. The van der Waals surface area contributed by atoms with Crippen LogP contribution in [0.1, 0.15) is 18.9 Å². The number of methoxy groups -OCH3 is 1. The summed E-state index contributed by atoms with van der Waals surface area (Å²) in [4.78, 5) is 10.9. The summed E-state index contributed by atoms with van der Waals surface area (Å²) in [6.45, 7) is 1.87. The van der Waals surface area contributed by atoms with Crippen molar-refractivity contribution < 1.29 is 13.9 Å². The summed E-state index contributed by atoms with van der Waals surface area (Å²) in [6, 6.07) is 4.74. The second kappa shape index (κ2) is 3.22. The van der Waals surface area contributed by atoms with Crippen LogP contribution in [0.4, 0.5) is 4.39 Å². The zero-order valence-electron chi connectivity index (χ0n) is 8.63. The normalized spacial score (nSPS) is 24.3. The number of β-lactam (4-membered cyclic amide) rings is 1. The summed E-state index contributed by atoms with van der Waals surface area (Å²) in [5, 5.41) is 2.75. The molecule has 0 aromatic heterocycles. The Morgan fingerprint density at radius 2 is 2.20 bits per heavy atom. The molecule has 3 nitrogen and oxygen atoms in total. The van der Waals surface area contributed by atoms with Gasteiger partial charge in [-0.15, -0.1) is 0 Å². The second-order valence-electron chi connectivity index (χ2n) is 3.91. The highest BCUT2D eigenvalue weighted by Crippen LogP contribution is 2.33. The molecule has 1 aromatic rings. The van der Waals surface area contributed by atoms with E-state index >= 15 is 0 Å². The molecule has 1 amide bonds. The maximum atomic E-state index is 13.4. The molecule has 0 saturated carbocycles. The van der Waals surface area contributed by atoms with Gasteiger partial charge in [0.1, 0.15) is 0 Å². The molecule has 1 N–H and O–H groups in total. The first-order valence-electron chi connectivity index (χ1n) is 4.70. The predicted octanol–water partition coefficient (Wildman–Crippen LogP) is 1.57. The Morgan fingerprint density at radius 1 is 1.53 bits per heavy atom. The van der Waals surface area contributed by atoms with Crippen LogP contribution in [0.3, 0.4) is 0 Å². The Labute approximate surface area is 87.2 Å². The maximum absolute atomic E-state index is 13.4. The number of rotatable bonds is 2. The van der Waals surface area contributed by atoms with Crippen LogP contribution >= 0.6 is 0 Å². The molecule has 1 aromatic carbocycles. The van der Waals surface area contributed by atoms with Crippen molar-refractivity contribution in [2.24, 2.45) is 0 Å². The molecular weight excluding hydrogens is 197 g/mol. The Kier molecular flexibility index (Phi) is 2.14. The van der Waals surface area contributed by atoms with Crippen LogP contribution in [-0.2, 0) is 10.3 Å². The molecule has 2 rings (SSSR count). The number of hydrogen-bond donors (Lipinski definition) is 1. The van der Waals surface area contributed by atoms with E-state index in [-0.39, 0.29) is 11.7 Å². The molecule has 0 radical (unpaired) electrons. The predicted molar refractivity (Wildman–Crippen MR) is 53.1 cm³/mol. The van der Waals surface area contributed by atoms with Crippen molar-refractivity contribution in [3.8, 4) is 5.75 Å². The van der Waals surface area contributed by atoms with Crippen molar-refractivity contribution >= 4 is 5.91 Å². The van der Waals surface area contributed by atoms with Crippen molar-refractivity contribution in [2.45, 2.75) is 18.9 Å². The average Bonchev–Trinajstić information content (AvgIpc) is 2.15. The van der Waals surface area contributed by atoms with E-state index in [4.69, 9.17) is 4.74 Å². The van der Waals surface area contributed by atoms with E-state index in [1.165, 1.54) is 13.2 Å². The van der Waals surface area contributed by atoms with Gasteiger partial charge in [-0.3, -0.25) is 4.79 Å². The van der Waals surface area contributed by atoms with E-state index in [0.717, 1.165) is 5.56 Å². The molecule has 1 heterocycles. The van der Waals surface area contributed by atoms with E-state index in [1.54, 1.807) is 12.1 Å². The highest BCUT2D eigenvalue weighted by Gasteiger charge is 2.40. The molecule has 0 aliphatic carbocycles. The lowest BCUT2D eigenvalue weighted by Crippen LogP contribution is -2.56. The monoisotopic (exact) mass is 209 g/mol. The van der Waals surface area contributed by atoms with E-state index < -0.39 is 11.4 Å². The third-order valence-corrected chi connectivity index (χ3v) is 2.72. The van der Waals surface area contributed by atoms with Crippen molar-refractivity contribution in [1.82, 2.24) is 5.32 Å². The van der Waals surface area contributed by atoms with Gasteiger partial charge < -0.3 is 10.1 Å². The first-order chi connectivity index (χ1) is 7.05. The van der Waals surface area contributed by atoms with Gasteiger partial charge in [0.2, 0.25) is 5.91 Å². The van der Waals surface area contributed by atoms with E-state index in [2.05, 4.69) is 5.32 Å². The van der Waals surface area contributed by atoms with Gasteiger partial charge >= 0.3 is 0 Å². The van der Waals surface area contributed by atoms with Gasteiger partial charge in [-0.2, -0.15) is 0 Å². The number of hydrogen-bond acceptors (Lipinski definition) is 2. The topological polar surface area (TPSA) is 38.3 Å². The zero-order valence-corrected chi connectivity index (χ0v) is 8.63. The molecule has 1 unspecified atom stereocenters. The van der Waals surface area contributed by atoms with Crippen molar-refractivity contribution in [2.75, 3.05) is 7.11 Å². The molecule has 1 saturated heterocycles. The Morgan fingerprint density at radius 3 is 2.67 bits per heavy atom. The van der Waals surface area contributed by atoms with E-state index in [9.17, 15) is 9.18 Å². The maximum Gasteiger partial charge on any atom is 0.223 e. The zero-order chi connectivity index (χ0) is 11.1. The summed E-state index contributed by atoms with van der Waals surface area (Å²) >= 11 is 0. The summed E-state index contributed by atoms with van der Waals surface area (Å²) in [7, 11) is 1.42. The van der Waals surface area contributed by atoms with Crippen LogP contribution in [0.5, 0.6) is 5.75 Å². The third kappa shape index (κ3) is 1.56. The summed E-state index contributed by atoms with van der Waals surface area (Å²) in [5.74, 6) is -0.195. The Hall–Kier alpha value is -1.58. The van der Waals surface area contributed by atoms with E-state index in [0.29, 0.717) is 6.42 Å². The number of carbonyl (C=O) groups is 1. The van der Waals surface area contributed by atoms with Gasteiger partial charge in [-0.25, -0.2) is 4.39 Å². The van der Waals surface area contributed by atoms with Crippen molar-refractivity contribution in [3.05, 3.63) is 29.6 Å². The molecule has 0 bridgehead atoms. The van der Waals surface area contributed by atoms with Crippen molar-refractivity contribution in [3.63, 3.8) is 0 Å². The van der Waals surface area contributed by atoms with Crippen LogP contribution < -0.4 is 10.1 Å². The molecule has 1 atom stereocenters. The molecule has 80 valence electrons. The number of nitrogens with one attached hydrogen (secondary N) is 1. The van der Waals surface area contributed by atoms with Gasteiger partial charge in [-0.1, -0.05) is 6.07 Å². The number of amides is 1. The van der Waals surface area contributed by atoms with E-state index in [1.807, 2.05) is 6.92 Å². The standard InChI is InChI=1S/C11H12FNO2/c1-11(6-10(14)13-11)7-3-4-9(15-2)8(12)5-7/h3-5H,6H2,1-2H3,(H,13,14). The fourth-order valence-electron chi connectivity index (χ4n) is 1.79. The lowest BCUT2D eigenvalue weighted by atomic mass is 9.82. The SMILES string of the molecule is COc1ccc(C2(C)CC(=O)N2)cc1F. The Balaban J connectivity index is 2.31. The molecule has 15 heavy (non-hydrogen) atoms. The summed E-state index contributed by atoms with van der Waals surface area (Å²) in [5.41, 5.74) is 0.338. The number of halogens is 1. The van der Waals surface area contributed by atoms with Crippen LogP contribution in [0.15, 0.2) is 18.2 Å². The summed E-state index contributed by atoms with van der Waals surface area (Å²) in [6.07, 6.45) is 0.402. The Bertz CT molecular complexity index is 409. The van der Waals surface area contributed by atoms with Gasteiger partial charge in [0.25, 0.3) is 0 Å². The van der Waals surface area contributed by atoms with Crippen LogP contribution in [-0.4, -0.2) is 13.0 Å². The number of carbonyl (C=O) groups excluding carboxylic acids is 1. The fraction of sp³-hybridized carbons (Fsp3) is 0.364. The van der Waals surface area contributed by atoms with Gasteiger partial charge in [0, 0.05) is 0 Å². The number of benzene rings is 1. The average molecular weight is 209 g/mol.